The average Bonchev–Trinajstić information content (AvgIpc) is 3.25. The highest BCUT2D eigenvalue weighted by Crippen LogP contribution is 2.64. The van der Waals surface area contributed by atoms with Crippen LogP contribution in [-0.4, -0.2) is 45.0 Å². The Kier molecular flexibility index (Phi) is 3.86. The molecule has 3 aliphatic carbocycles. The Labute approximate surface area is 185 Å². The Hall–Kier alpha value is -0.940. The molecule has 4 nitrogen and oxygen atoms in total. The molecule has 4 heteroatoms. The molecule has 0 radical (unpaired) electrons. The van der Waals surface area contributed by atoms with Gasteiger partial charge in [-0.2, -0.15) is 0 Å². The van der Waals surface area contributed by atoms with Crippen LogP contribution >= 0.6 is 0 Å². The number of fused-ring (bicyclic) bond motifs is 9. The molecule has 2 saturated carbocycles. The van der Waals surface area contributed by atoms with E-state index in [1.165, 1.54) is 35.1 Å². The molecular weight excluding hydrogens is 386 g/mol. The molecule has 0 amide bonds. The normalized spacial score (nSPS) is 52.3. The minimum Gasteiger partial charge on any atom is -0.393 e. The van der Waals surface area contributed by atoms with Crippen molar-refractivity contribution in [2.75, 3.05) is 6.54 Å². The summed E-state index contributed by atoms with van der Waals surface area (Å²) in [6.45, 7) is 5.82. The van der Waals surface area contributed by atoms with E-state index in [1.54, 1.807) is 0 Å². The first-order valence-corrected chi connectivity index (χ1v) is 12.8. The van der Waals surface area contributed by atoms with Crippen LogP contribution in [0.4, 0.5) is 0 Å². The van der Waals surface area contributed by atoms with E-state index in [-0.39, 0.29) is 23.5 Å². The van der Waals surface area contributed by atoms with E-state index in [2.05, 4.69) is 30.9 Å². The number of piperidine rings is 1. The maximum Gasteiger partial charge on any atom is 0.145 e. The molecule has 1 aromatic carbocycles. The molecule has 2 saturated heterocycles. The molecule has 168 valence electrons. The van der Waals surface area contributed by atoms with Crippen LogP contribution in [-0.2, 0) is 12.1 Å². The molecule has 6 aliphatic rings. The van der Waals surface area contributed by atoms with E-state index in [9.17, 15) is 15.3 Å². The lowest BCUT2D eigenvalue weighted by Gasteiger charge is -2.55. The van der Waals surface area contributed by atoms with Crippen LogP contribution < -0.4 is 0 Å². The fourth-order valence-electron chi connectivity index (χ4n) is 9.64. The molecule has 2 bridgehead atoms. The number of rotatable bonds is 0. The Morgan fingerprint density at radius 1 is 1.03 bits per heavy atom. The zero-order chi connectivity index (χ0) is 21.3. The first-order valence-electron chi connectivity index (χ1n) is 12.8. The molecule has 3 heterocycles. The van der Waals surface area contributed by atoms with Crippen molar-refractivity contribution in [1.29, 1.82) is 0 Å². The first-order chi connectivity index (χ1) is 14.8. The molecule has 3 N–H and O–H groups in total. The third-order valence-corrected chi connectivity index (χ3v) is 11.1. The summed E-state index contributed by atoms with van der Waals surface area (Å²) < 4.78 is 0. The second-order valence-electron chi connectivity index (χ2n) is 12.3. The van der Waals surface area contributed by atoms with Crippen LogP contribution in [0.3, 0.4) is 0 Å². The molecule has 0 spiro atoms. The second-order valence-corrected chi connectivity index (χ2v) is 12.3. The van der Waals surface area contributed by atoms with Gasteiger partial charge in [-0.25, -0.2) is 0 Å². The van der Waals surface area contributed by atoms with Crippen molar-refractivity contribution in [2.24, 2.45) is 23.2 Å². The molecule has 0 aromatic heterocycles. The van der Waals surface area contributed by atoms with Gasteiger partial charge in [-0.05, 0) is 103 Å². The Bertz CT molecular complexity index is 947. The molecule has 10 atom stereocenters. The summed E-state index contributed by atoms with van der Waals surface area (Å²) in [4.78, 5) is 2.47. The lowest BCUT2D eigenvalue weighted by molar-refractivity contribution is -0.124. The van der Waals surface area contributed by atoms with E-state index in [4.69, 9.17) is 0 Å². The predicted molar refractivity (Wildman–Crippen MR) is 119 cm³/mol. The van der Waals surface area contributed by atoms with Crippen molar-refractivity contribution in [3.8, 4) is 0 Å². The SMILES string of the molecule is C[C@@H]1c2ccc3c(c2C2(O)C[C@@H]4CCC1N2C4)CC1[C@H]3C[C@@H](O)C2C[C@@H](O)CC[C@@]21C. The Balaban J connectivity index is 1.37. The summed E-state index contributed by atoms with van der Waals surface area (Å²) in [6, 6.07) is 5.18. The monoisotopic (exact) mass is 423 g/mol. The largest absolute Gasteiger partial charge is 0.393 e. The lowest BCUT2D eigenvalue weighted by Crippen LogP contribution is -2.54. The third kappa shape index (κ3) is 2.31. The van der Waals surface area contributed by atoms with Gasteiger partial charge in [0.05, 0.1) is 12.2 Å². The summed E-state index contributed by atoms with van der Waals surface area (Å²) in [6.07, 6.45) is 7.22. The molecule has 3 aliphatic heterocycles. The number of aliphatic hydroxyl groups excluding tert-OH is 2. The van der Waals surface area contributed by atoms with Crippen LogP contribution in [0.1, 0.15) is 92.9 Å². The zero-order valence-electron chi connectivity index (χ0n) is 18.9. The highest BCUT2D eigenvalue weighted by molar-refractivity contribution is 5.53. The van der Waals surface area contributed by atoms with E-state index >= 15 is 0 Å². The van der Waals surface area contributed by atoms with Gasteiger partial charge in [-0.3, -0.25) is 4.90 Å². The van der Waals surface area contributed by atoms with Gasteiger partial charge >= 0.3 is 0 Å². The minimum absolute atomic E-state index is 0.0742. The summed E-state index contributed by atoms with van der Waals surface area (Å²) in [5.74, 6) is 2.20. The van der Waals surface area contributed by atoms with Crippen LogP contribution in [0.2, 0.25) is 0 Å². The molecular formula is C27H37NO3. The zero-order valence-corrected chi connectivity index (χ0v) is 18.9. The summed E-state index contributed by atoms with van der Waals surface area (Å²) in [7, 11) is 0. The summed E-state index contributed by atoms with van der Waals surface area (Å²) in [5, 5.41) is 33.7. The average molecular weight is 424 g/mol. The maximum atomic E-state index is 12.2. The van der Waals surface area contributed by atoms with E-state index in [0.717, 1.165) is 45.1 Å². The van der Waals surface area contributed by atoms with Crippen LogP contribution in [0.25, 0.3) is 0 Å². The van der Waals surface area contributed by atoms with Crippen molar-refractivity contribution in [3.05, 3.63) is 34.4 Å². The van der Waals surface area contributed by atoms with Crippen LogP contribution in [0.5, 0.6) is 0 Å². The van der Waals surface area contributed by atoms with Gasteiger partial charge in [0.25, 0.3) is 0 Å². The molecule has 1 aromatic rings. The third-order valence-electron chi connectivity index (χ3n) is 11.1. The summed E-state index contributed by atoms with van der Waals surface area (Å²) in [5.41, 5.74) is 4.78. The second kappa shape index (κ2) is 6.14. The van der Waals surface area contributed by atoms with E-state index < -0.39 is 5.72 Å². The van der Waals surface area contributed by atoms with Gasteiger partial charge in [-0.15, -0.1) is 0 Å². The van der Waals surface area contributed by atoms with Crippen LogP contribution in [0, 0.1) is 23.2 Å². The van der Waals surface area contributed by atoms with Crippen molar-refractivity contribution in [3.63, 3.8) is 0 Å². The van der Waals surface area contributed by atoms with Crippen molar-refractivity contribution >= 4 is 0 Å². The van der Waals surface area contributed by atoms with Gasteiger partial charge in [0.2, 0.25) is 0 Å². The smallest absolute Gasteiger partial charge is 0.145 e. The van der Waals surface area contributed by atoms with Crippen LogP contribution in [0.15, 0.2) is 12.1 Å². The summed E-state index contributed by atoms with van der Waals surface area (Å²) >= 11 is 0. The van der Waals surface area contributed by atoms with Gasteiger partial charge in [0.15, 0.2) is 0 Å². The number of hydrogen-bond donors (Lipinski definition) is 3. The Morgan fingerprint density at radius 2 is 1.84 bits per heavy atom. The van der Waals surface area contributed by atoms with Gasteiger partial charge < -0.3 is 15.3 Å². The predicted octanol–water partition coefficient (Wildman–Crippen LogP) is 3.62. The fraction of sp³-hybridized carbons (Fsp3) is 0.778. The number of benzene rings is 1. The molecule has 31 heavy (non-hydrogen) atoms. The highest BCUT2D eigenvalue weighted by atomic mass is 16.3. The minimum atomic E-state index is -0.784. The van der Waals surface area contributed by atoms with Crippen molar-refractivity contribution in [1.82, 2.24) is 4.90 Å². The molecule has 7 rings (SSSR count). The number of hydrogen-bond acceptors (Lipinski definition) is 4. The fourth-order valence-corrected chi connectivity index (χ4v) is 9.64. The van der Waals surface area contributed by atoms with Gasteiger partial charge in [0.1, 0.15) is 5.72 Å². The standard InChI is InChI=1S/C27H37NO3/c1-14-17-4-5-18-19-11-24(30)22-9-16(29)7-8-26(22,2)21(19)10-20(18)25(17)27(31)12-15-3-6-23(14)28(27)13-15/h4-5,14-16,19,21-24,29-31H,3,6-13H2,1-2H3/t14-,15+,16+,19+,21?,22?,23?,24-,26-,27?/m1/s1. The quantitative estimate of drug-likeness (QED) is 0.596. The maximum absolute atomic E-state index is 12.2. The number of nitrogens with zero attached hydrogens (tertiary/aromatic N) is 1. The molecule has 4 fully saturated rings. The van der Waals surface area contributed by atoms with E-state index in [1.807, 2.05) is 0 Å². The van der Waals surface area contributed by atoms with Crippen molar-refractivity contribution in [2.45, 2.75) is 101 Å². The molecule has 4 unspecified atom stereocenters. The van der Waals surface area contributed by atoms with Crippen molar-refractivity contribution < 1.29 is 15.3 Å². The van der Waals surface area contributed by atoms with E-state index in [0.29, 0.717) is 29.7 Å². The first kappa shape index (κ1) is 19.5. The van der Waals surface area contributed by atoms with Gasteiger partial charge in [0, 0.05) is 18.2 Å². The lowest BCUT2D eigenvalue weighted by atomic mass is 9.51. The Morgan fingerprint density at radius 3 is 2.68 bits per heavy atom. The number of aliphatic hydroxyl groups is 3. The topological polar surface area (TPSA) is 63.9 Å². The highest BCUT2D eigenvalue weighted by Gasteiger charge is 2.61. The van der Waals surface area contributed by atoms with Gasteiger partial charge in [-0.1, -0.05) is 26.0 Å².